The summed E-state index contributed by atoms with van der Waals surface area (Å²) in [5.41, 5.74) is 2.79. The van der Waals surface area contributed by atoms with E-state index in [2.05, 4.69) is 5.32 Å². The molecule has 1 aromatic carbocycles. The van der Waals surface area contributed by atoms with Gasteiger partial charge >= 0.3 is 11.9 Å². The molecule has 0 unspecified atom stereocenters. The van der Waals surface area contributed by atoms with Crippen LogP contribution < -0.4 is 14.8 Å². The Kier molecular flexibility index (Phi) is 7.21. The predicted molar refractivity (Wildman–Crippen MR) is 126 cm³/mol. The molecular weight excluding hydrogens is 458 g/mol. The highest BCUT2D eigenvalue weighted by atomic mass is 32.2. The Balaban J connectivity index is 1.78. The summed E-state index contributed by atoms with van der Waals surface area (Å²) in [7, 11) is 1.28. The van der Waals surface area contributed by atoms with Gasteiger partial charge in [-0.15, -0.1) is 0 Å². The summed E-state index contributed by atoms with van der Waals surface area (Å²) in [6.45, 7) is 6.08. The van der Waals surface area contributed by atoms with Gasteiger partial charge in [-0.25, -0.2) is 4.79 Å². The first-order chi connectivity index (χ1) is 16.4. The number of hydrogen-bond acceptors (Lipinski definition) is 9. The molecule has 0 fully saturated rings. The van der Waals surface area contributed by atoms with Crippen LogP contribution in [0.5, 0.6) is 11.5 Å². The molecule has 3 atom stereocenters. The molecule has 3 aliphatic rings. The molecule has 1 N–H and O–H groups in total. The van der Waals surface area contributed by atoms with Gasteiger partial charge in [0.1, 0.15) is 12.5 Å². The summed E-state index contributed by atoms with van der Waals surface area (Å²) >= 11 is 1.68. The zero-order valence-corrected chi connectivity index (χ0v) is 20.6. The molecular formula is C25H29NO7S. The van der Waals surface area contributed by atoms with E-state index in [-0.39, 0.29) is 25.1 Å². The van der Waals surface area contributed by atoms with E-state index in [4.69, 9.17) is 18.9 Å². The normalized spacial score (nSPS) is 23.4. The van der Waals surface area contributed by atoms with Crippen molar-refractivity contribution in [2.24, 2.45) is 11.8 Å². The maximum atomic E-state index is 13.7. The van der Waals surface area contributed by atoms with Crippen LogP contribution in [0.1, 0.15) is 38.7 Å². The van der Waals surface area contributed by atoms with Crippen LogP contribution in [-0.4, -0.2) is 49.7 Å². The first-order valence-corrected chi connectivity index (χ1v) is 12.5. The molecule has 0 aromatic heterocycles. The molecule has 34 heavy (non-hydrogen) atoms. The third kappa shape index (κ3) is 4.41. The number of ketones is 1. The quantitative estimate of drug-likeness (QED) is 0.353. The van der Waals surface area contributed by atoms with Crippen molar-refractivity contribution in [1.29, 1.82) is 0 Å². The molecule has 0 saturated heterocycles. The minimum atomic E-state index is -0.932. The summed E-state index contributed by atoms with van der Waals surface area (Å²) in [6, 6.07) is 5.37. The molecule has 9 heteroatoms. The fourth-order valence-electron chi connectivity index (χ4n) is 4.79. The van der Waals surface area contributed by atoms with Crippen molar-refractivity contribution in [2.45, 2.75) is 33.1 Å². The molecule has 8 nitrogen and oxygen atoms in total. The second-order valence-electron chi connectivity index (χ2n) is 8.48. The van der Waals surface area contributed by atoms with Crippen molar-refractivity contribution in [1.82, 2.24) is 5.32 Å². The predicted octanol–water partition coefficient (Wildman–Crippen LogP) is 3.32. The number of Topliss-reactive ketones (excluding diaryl/α,β-unsaturated/α-hetero) is 1. The minimum Gasteiger partial charge on any atom is -0.468 e. The van der Waals surface area contributed by atoms with Crippen LogP contribution >= 0.6 is 11.8 Å². The number of thioether (sulfide) groups is 1. The van der Waals surface area contributed by atoms with Gasteiger partial charge in [-0.1, -0.05) is 19.9 Å². The van der Waals surface area contributed by atoms with Crippen LogP contribution in [0.15, 0.2) is 40.7 Å². The van der Waals surface area contributed by atoms with Gasteiger partial charge < -0.3 is 24.3 Å². The lowest BCUT2D eigenvalue weighted by atomic mass is 9.69. The molecule has 0 spiro atoms. The third-order valence-corrected chi connectivity index (χ3v) is 7.22. The molecule has 182 valence electrons. The number of dihydropyridines is 1. The lowest BCUT2D eigenvalue weighted by Crippen LogP contribution is -2.43. The number of carbonyl (C=O) groups is 3. The van der Waals surface area contributed by atoms with Crippen LogP contribution in [0.25, 0.3) is 0 Å². The van der Waals surface area contributed by atoms with Crippen LogP contribution in [0.3, 0.4) is 0 Å². The first-order valence-electron chi connectivity index (χ1n) is 11.3. The van der Waals surface area contributed by atoms with Crippen molar-refractivity contribution in [2.75, 3.05) is 32.0 Å². The van der Waals surface area contributed by atoms with Crippen molar-refractivity contribution < 1.29 is 33.3 Å². The molecule has 0 saturated carbocycles. The molecule has 0 bridgehead atoms. The van der Waals surface area contributed by atoms with E-state index >= 15 is 0 Å². The van der Waals surface area contributed by atoms with Gasteiger partial charge in [-0.3, -0.25) is 9.59 Å². The highest BCUT2D eigenvalue weighted by molar-refractivity contribution is 7.99. The van der Waals surface area contributed by atoms with Gasteiger partial charge in [0, 0.05) is 28.6 Å². The lowest BCUT2D eigenvalue weighted by Gasteiger charge is -2.38. The van der Waals surface area contributed by atoms with E-state index in [1.54, 1.807) is 23.9 Å². The number of rotatable bonds is 7. The van der Waals surface area contributed by atoms with Crippen LogP contribution in [-0.2, 0) is 23.9 Å². The second-order valence-corrected chi connectivity index (χ2v) is 9.87. The zero-order chi connectivity index (χ0) is 24.4. The Morgan fingerprint density at radius 3 is 2.74 bits per heavy atom. The maximum absolute atomic E-state index is 13.7. The van der Waals surface area contributed by atoms with Gasteiger partial charge in [0.25, 0.3) is 0 Å². The standard InChI is InChI=1S/C25H29NO7S/c1-5-34-9-8-31-25(29)20-14(3)26-16-10-13(2)19(24(28)30-4)23(27)22(16)21(20)15-6-7-17-18(11-15)33-12-32-17/h6-7,11,13,19,21,26H,5,8-10,12H2,1-4H3/t13-,19+,21-/m1/s1. The van der Waals surface area contributed by atoms with Crippen LogP contribution in [0, 0.1) is 11.8 Å². The van der Waals surface area contributed by atoms with Crippen molar-refractivity contribution in [3.05, 3.63) is 46.3 Å². The molecule has 1 aliphatic carbocycles. The van der Waals surface area contributed by atoms with Gasteiger partial charge in [-0.05, 0) is 42.7 Å². The number of allylic oxidation sites excluding steroid dienone is 3. The number of esters is 2. The third-order valence-electron chi connectivity index (χ3n) is 6.36. The Hall–Kier alpha value is -2.94. The Labute approximate surface area is 203 Å². The summed E-state index contributed by atoms with van der Waals surface area (Å²) < 4.78 is 21.5. The largest absolute Gasteiger partial charge is 0.468 e. The number of methoxy groups -OCH3 is 1. The topological polar surface area (TPSA) is 100 Å². The van der Waals surface area contributed by atoms with E-state index < -0.39 is 23.8 Å². The fraction of sp³-hybridized carbons (Fsp3) is 0.480. The summed E-state index contributed by atoms with van der Waals surface area (Å²) in [5, 5.41) is 3.27. The van der Waals surface area contributed by atoms with Crippen molar-refractivity contribution in [3.8, 4) is 11.5 Å². The number of fused-ring (bicyclic) bond motifs is 1. The zero-order valence-electron chi connectivity index (χ0n) is 19.8. The van der Waals surface area contributed by atoms with Gasteiger partial charge in [-0.2, -0.15) is 11.8 Å². The summed E-state index contributed by atoms with van der Waals surface area (Å²) in [5.74, 6) is -0.510. The number of nitrogens with one attached hydrogen (secondary N) is 1. The molecule has 2 heterocycles. The molecule has 0 amide bonds. The minimum absolute atomic E-state index is 0.110. The SMILES string of the molecule is CCSCCOC(=O)C1=C(C)NC2=C(C(=O)[C@@H](C(=O)OC)[C@H](C)C2)[C@@H]1c1ccc2c(c1)OCO2. The number of ether oxygens (including phenoxy) is 4. The molecule has 0 radical (unpaired) electrons. The number of carbonyl (C=O) groups excluding carboxylic acids is 3. The second kappa shape index (κ2) is 10.1. The average Bonchev–Trinajstić information content (AvgIpc) is 3.28. The monoisotopic (exact) mass is 487 g/mol. The molecule has 2 aliphatic heterocycles. The van der Waals surface area contributed by atoms with Crippen LogP contribution in [0.2, 0.25) is 0 Å². The first kappa shape index (κ1) is 24.2. The number of benzene rings is 1. The van der Waals surface area contributed by atoms with Gasteiger partial charge in [0.15, 0.2) is 17.3 Å². The Morgan fingerprint density at radius 1 is 1.24 bits per heavy atom. The van der Waals surface area contributed by atoms with Crippen molar-refractivity contribution >= 4 is 29.5 Å². The van der Waals surface area contributed by atoms with E-state index in [0.29, 0.717) is 46.1 Å². The van der Waals surface area contributed by atoms with E-state index in [9.17, 15) is 14.4 Å². The summed E-state index contributed by atoms with van der Waals surface area (Å²) in [4.78, 5) is 39.5. The van der Waals surface area contributed by atoms with E-state index in [1.165, 1.54) is 7.11 Å². The Morgan fingerprint density at radius 2 is 2.00 bits per heavy atom. The molecule has 1 aromatic rings. The van der Waals surface area contributed by atoms with Gasteiger partial charge in [0.05, 0.1) is 12.7 Å². The lowest BCUT2D eigenvalue weighted by molar-refractivity contribution is -0.151. The highest BCUT2D eigenvalue weighted by Crippen LogP contribution is 2.47. The molecule has 4 rings (SSSR count). The smallest absolute Gasteiger partial charge is 0.336 e. The van der Waals surface area contributed by atoms with Gasteiger partial charge in [0.2, 0.25) is 6.79 Å². The Bertz CT molecular complexity index is 1080. The average molecular weight is 488 g/mol. The van der Waals surface area contributed by atoms with E-state index in [0.717, 1.165) is 11.4 Å². The number of hydrogen-bond donors (Lipinski definition) is 1. The van der Waals surface area contributed by atoms with E-state index in [1.807, 2.05) is 26.8 Å². The fourth-order valence-corrected chi connectivity index (χ4v) is 5.28. The maximum Gasteiger partial charge on any atom is 0.336 e. The van der Waals surface area contributed by atoms with Crippen molar-refractivity contribution in [3.63, 3.8) is 0 Å². The highest BCUT2D eigenvalue weighted by Gasteiger charge is 2.47. The van der Waals surface area contributed by atoms with Crippen LogP contribution in [0.4, 0.5) is 0 Å². The summed E-state index contributed by atoms with van der Waals surface area (Å²) in [6.07, 6.45) is 0.481.